The molecule has 0 amide bonds. The summed E-state index contributed by atoms with van der Waals surface area (Å²) in [4.78, 5) is 11.5. The van der Waals surface area contributed by atoms with Gasteiger partial charge in [0.25, 0.3) is 0 Å². The number of ether oxygens (including phenoxy) is 1. The second-order valence-electron chi connectivity index (χ2n) is 3.62. The largest absolute Gasteiger partial charge is 0.462 e. The van der Waals surface area contributed by atoms with Crippen LogP contribution in [0.5, 0.6) is 0 Å². The van der Waals surface area contributed by atoms with Gasteiger partial charge in [-0.1, -0.05) is 6.58 Å². The summed E-state index contributed by atoms with van der Waals surface area (Å²) in [6, 6.07) is 0. The normalized spacial score (nSPS) is 10.5. The van der Waals surface area contributed by atoms with Crippen molar-refractivity contribution in [3.8, 4) is 0 Å². The van der Waals surface area contributed by atoms with Crippen molar-refractivity contribution in [1.29, 1.82) is 0 Å². The number of anilines is 1. The molecule has 1 aromatic rings. The lowest BCUT2D eigenvalue weighted by Gasteiger charge is -2.09. The molecule has 0 radical (unpaired) electrons. The summed E-state index contributed by atoms with van der Waals surface area (Å²) in [5, 5.41) is 1.43. The van der Waals surface area contributed by atoms with E-state index in [0.717, 1.165) is 12.0 Å². The summed E-state index contributed by atoms with van der Waals surface area (Å²) in [6.07, 6.45) is 0.218. The molecule has 0 spiro atoms. The van der Waals surface area contributed by atoms with E-state index in [0.29, 0.717) is 0 Å². The van der Waals surface area contributed by atoms with Crippen LogP contribution in [0.4, 0.5) is 23.2 Å². The summed E-state index contributed by atoms with van der Waals surface area (Å²) in [5.74, 6) is -9.00. The SMILES string of the molecule is C=CSOCCCOC(=O)c1c(F)c(F)c(N)c(F)c1F. The van der Waals surface area contributed by atoms with E-state index in [4.69, 9.17) is 9.92 Å². The predicted octanol–water partition coefficient (Wildman–Crippen LogP) is 3.18. The first-order chi connectivity index (χ1) is 9.91. The number of hydrogen-bond acceptors (Lipinski definition) is 5. The first-order valence-electron chi connectivity index (χ1n) is 5.59. The molecule has 1 rings (SSSR count). The van der Waals surface area contributed by atoms with Gasteiger partial charge in [-0.2, -0.15) is 0 Å². The molecule has 0 fully saturated rings. The Hall–Kier alpha value is -1.74. The van der Waals surface area contributed by atoms with E-state index in [1.807, 2.05) is 0 Å². The molecule has 0 saturated heterocycles. The van der Waals surface area contributed by atoms with E-state index >= 15 is 0 Å². The molecule has 0 aliphatic heterocycles. The Morgan fingerprint density at radius 3 is 2.24 bits per heavy atom. The molecule has 9 heteroatoms. The maximum Gasteiger partial charge on any atom is 0.344 e. The molecule has 1 aromatic carbocycles. The van der Waals surface area contributed by atoms with E-state index in [-0.39, 0.29) is 19.6 Å². The van der Waals surface area contributed by atoms with Gasteiger partial charge < -0.3 is 14.7 Å². The van der Waals surface area contributed by atoms with Crippen molar-refractivity contribution < 1.29 is 31.3 Å². The Morgan fingerprint density at radius 2 is 1.71 bits per heavy atom. The van der Waals surface area contributed by atoms with Gasteiger partial charge in [0.1, 0.15) is 11.3 Å². The van der Waals surface area contributed by atoms with Crippen molar-refractivity contribution in [3.05, 3.63) is 40.8 Å². The maximum atomic E-state index is 13.4. The average molecular weight is 325 g/mol. The third-order valence-electron chi connectivity index (χ3n) is 2.24. The van der Waals surface area contributed by atoms with Crippen molar-refractivity contribution >= 4 is 23.7 Å². The zero-order valence-electron chi connectivity index (χ0n) is 10.6. The topological polar surface area (TPSA) is 61.5 Å². The summed E-state index contributed by atoms with van der Waals surface area (Å²) in [7, 11) is 0. The minimum absolute atomic E-state index is 0.180. The molecule has 0 aliphatic carbocycles. The number of nitrogens with two attached hydrogens (primary N) is 1. The molecular weight excluding hydrogens is 314 g/mol. The predicted molar refractivity (Wildman–Crippen MR) is 69.3 cm³/mol. The molecule has 0 heterocycles. The second kappa shape index (κ2) is 7.89. The maximum absolute atomic E-state index is 13.4. The molecule has 21 heavy (non-hydrogen) atoms. The minimum Gasteiger partial charge on any atom is -0.462 e. The van der Waals surface area contributed by atoms with Crippen molar-refractivity contribution in [2.24, 2.45) is 0 Å². The van der Waals surface area contributed by atoms with Crippen molar-refractivity contribution in [2.45, 2.75) is 6.42 Å². The van der Waals surface area contributed by atoms with Crippen LogP contribution >= 0.6 is 12.0 Å². The highest BCUT2D eigenvalue weighted by Crippen LogP contribution is 2.26. The Bertz CT molecular complexity index is 525. The van der Waals surface area contributed by atoms with E-state index in [1.54, 1.807) is 0 Å². The molecule has 2 N–H and O–H groups in total. The van der Waals surface area contributed by atoms with Gasteiger partial charge in [0.15, 0.2) is 23.3 Å². The third kappa shape index (κ3) is 4.11. The molecule has 0 unspecified atom stereocenters. The van der Waals surface area contributed by atoms with Crippen LogP contribution in [-0.2, 0) is 8.92 Å². The fourth-order valence-electron chi connectivity index (χ4n) is 1.28. The molecule has 0 aliphatic rings. The van der Waals surface area contributed by atoms with E-state index in [1.165, 1.54) is 5.41 Å². The fraction of sp³-hybridized carbons (Fsp3) is 0.250. The van der Waals surface area contributed by atoms with E-state index in [2.05, 4.69) is 11.3 Å². The van der Waals surface area contributed by atoms with Crippen LogP contribution in [0.1, 0.15) is 16.8 Å². The highest BCUT2D eigenvalue weighted by molar-refractivity contribution is 7.97. The minimum atomic E-state index is -1.89. The van der Waals surface area contributed by atoms with Gasteiger partial charge in [-0.25, -0.2) is 22.4 Å². The molecule has 116 valence electrons. The number of hydrogen-bond donors (Lipinski definition) is 1. The molecular formula is C12H11F4NO3S. The number of carbonyl (C=O) groups is 1. The first kappa shape index (κ1) is 17.3. The highest BCUT2D eigenvalue weighted by atomic mass is 32.2. The summed E-state index contributed by atoms with van der Waals surface area (Å²) < 4.78 is 62.6. The van der Waals surface area contributed by atoms with Gasteiger partial charge in [-0.05, 0) is 5.41 Å². The molecule has 0 bridgehead atoms. The van der Waals surface area contributed by atoms with Crippen LogP contribution < -0.4 is 5.73 Å². The number of nitrogen functional groups attached to an aromatic ring is 1. The van der Waals surface area contributed by atoms with Crippen LogP contribution in [-0.4, -0.2) is 19.2 Å². The molecule has 4 nitrogen and oxygen atoms in total. The van der Waals surface area contributed by atoms with Gasteiger partial charge in [-0.15, -0.1) is 0 Å². The summed E-state index contributed by atoms with van der Waals surface area (Å²) in [6.45, 7) is 3.31. The smallest absolute Gasteiger partial charge is 0.344 e. The lowest BCUT2D eigenvalue weighted by molar-refractivity contribution is 0.0475. The van der Waals surface area contributed by atoms with Gasteiger partial charge in [0.2, 0.25) is 0 Å². The molecule has 0 atom stereocenters. The fourth-order valence-corrected chi connectivity index (χ4v) is 1.59. The Kier molecular flexibility index (Phi) is 6.50. The van der Waals surface area contributed by atoms with Crippen LogP contribution in [0.15, 0.2) is 12.0 Å². The van der Waals surface area contributed by atoms with Crippen molar-refractivity contribution in [1.82, 2.24) is 0 Å². The van der Waals surface area contributed by atoms with Crippen LogP contribution in [0.2, 0.25) is 0 Å². The second-order valence-corrected chi connectivity index (χ2v) is 4.38. The lowest BCUT2D eigenvalue weighted by Crippen LogP contribution is -2.16. The Balaban J connectivity index is 2.73. The monoisotopic (exact) mass is 325 g/mol. The van der Waals surface area contributed by atoms with Crippen molar-refractivity contribution in [2.75, 3.05) is 18.9 Å². The van der Waals surface area contributed by atoms with Gasteiger partial charge in [-0.3, -0.25) is 0 Å². The third-order valence-corrected chi connectivity index (χ3v) is 2.68. The number of rotatable bonds is 7. The number of esters is 1. The van der Waals surface area contributed by atoms with Crippen LogP contribution in [0.3, 0.4) is 0 Å². The van der Waals surface area contributed by atoms with Gasteiger partial charge in [0.05, 0.1) is 13.2 Å². The first-order valence-corrected chi connectivity index (χ1v) is 6.40. The Morgan fingerprint density at radius 1 is 1.14 bits per heavy atom. The van der Waals surface area contributed by atoms with E-state index < -0.39 is 40.5 Å². The number of benzene rings is 1. The van der Waals surface area contributed by atoms with Crippen molar-refractivity contribution in [3.63, 3.8) is 0 Å². The number of halogens is 4. The molecule has 0 aromatic heterocycles. The van der Waals surface area contributed by atoms with Gasteiger partial charge >= 0.3 is 5.97 Å². The van der Waals surface area contributed by atoms with Gasteiger partial charge in [0, 0.05) is 18.5 Å². The molecule has 0 saturated carbocycles. The standard InChI is InChI=1S/C12H11F4NO3S/c1-2-21-20-5-3-4-19-12(18)6-7(13)9(15)11(17)10(16)8(6)14/h2H,1,3-5,17H2. The van der Waals surface area contributed by atoms with Crippen LogP contribution in [0.25, 0.3) is 0 Å². The Labute approximate surface area is 122 Å². The number of carbonyl (C=O) groups excluding carboxylic acids is 1. The zero-order valence-corrected chi connectivity index (χ0v) is 11.4. The summed E-state index contributed by atoms with van der Waals surface area (Å²) in [5.41, 5.74) is 2.02. The average Bonchev–Trinajstić information content (AvgIpc) is 2.47. The summed E-state index contributed by atoms with van der Waals surface area (Å²) >= 11 is 0.964. The lowest BCUT2D eigenvalue weighted by atomic mass is 10.1. The van der Waals surface area contributed by atoms with Crippen LogP contribution in [0, 0.1) is 23.3 Å². The quantitative estimate of drug-likeness (QED) is 0.208. The van der Waals surface area contributed by atoms with E-state index in [9.17, 15) is 22.4 Å². The highest BCUT2D eigenvalue weighted by Gasteiger charge is 2.29. The zero-order chi connectivity index (χ0) is 16.0.